The Morgan fingerprint density at radius 3 is 1.93 bits per heavy atom. The number of imidazole rings is 2. The summed E-state index contributed by atoms with van der Waals surface area (Å²) in [6, 6.07) is 10.6. The molecule has 5 atom stereocenters. The van der Waals surface area contributed by atoms with Crippen LogP contribution in [0.1, 0.15) is 88.2 Å². The number of benzene rings is 2. The number of carbonyl (C=O) groups is 4. The number of hydrogen-bond acceptors (Lipinski definition) is 13. The van der Waals surface area contributed by atoms with Gasteiger partial charge in [0.05, 0.1) is 71.7 Å². The van der Waals surface area contributed by atoms with Crippen molar-refractivity contribution in [2.75, 3.05) is 27.3 Å². The number of ether oxygens (including phenoxy) is 3. The van der Waals surface area contributed by atoms with Gasteiger partial charge in [0.2, 0.25) is 18.0 Å². The molecule has 2 saturated heterocycles. The number of hydrogen-bond donors (Lipinski definition) is 4. The van der Waals surface area contributed by atoms with Crippen molar-refractivity contribution in [3.05, 3.63) is 95.8 Å². The molecular weight excluding hydrogens is 932 g/mol. The molecule has 3 aliphatic rings. The number of rotatable bonds is 12. The van der Waals surface area contributed by atoms with E-state index in [-0.39, 0.29) is 41.3 Å². The lowest BCUT2D eigenvalue weighted by Crippen LogP contribution is -2.51. The van der Waals surface area contributed by atoms with Crippen molar-refractivity contribution >= 4 is 46.2 Å². The molecule has 19 nitrogen and oxygen atoms in total. The van der Waals surface area contributed by atoms with Crippen LogP contribution in [0.15, 0.2) is 73.4 Å². The molecule has 21 heteroatoms. The van der Waals surface area contributed by atoms with Gasteiger partial charge < -0.3 is 44.6 Å². The first-order valence-electron chi connectivity index (χ1n) is 23.6. The normalized spacial score (nSPS) is 18.3. The highest BCUT2D eigenvalue weighted by Crippen LogP contribution is 2.48. The molecule has 0 saturated carbocycles. The van der Waals surface area contributed by atoms with Crippen LogP contribution in [0.5, 0.6) is 5.75 Å². The molecule has 2 aromatic carbocycles. The van der Waals surface area contributed by atoms with E-state index in [0.29, 0.717) is 71.1 Å². The SMILES string of the molecule is COC(=O)NC(C(=O)N1CCC[C@H]1c1ncc(-c2cc(F)c3c(c2)OC(c2cnc(-c4ncccn4)s2)n2c-3cc3cc(-c4cnc([C@@H]5CCCN5C(=O)C(NC(=O)OC)C(C)C)[nH]4)ccc32)[nH]1)C(C)C. The maximum atomic E-state index is 17.0. The van der Waals surface area contributed by atoms with Gasteiger partial charge in [-0.2, -0.15) is 0 Å². The van der Waals surface area contributed by atoms with Crippen molar-refractivity contribution < 1.29 is 37.8 Å². The lowest BCUT2D eigenvalue weighted by atomic mass is 10.0. The predicted octanol–water partition coefficient (Wildman–Crippen LogP) is 8.17. The van der Waals surface area contributed by atoms with E-state index >= 15 is 4.39 Å². The lowest BCUT2D eigenvalue weighted by Gasteiger charge is -2.30. The van der Waals surface area contributed by atoms with Gasteiger partial charge in [0.15, 0.2) is 10.8 Å². The molecule has 8 heterocycles. The van der Waals surface area contributed by atoms with Crippen LogP contribution in [0.25, 0.3) is 55.5 Å². The van der Waals surface area contributed by atoms with Crippen molar-refractivity contribution in [2.45, 2.75) is 83.8 Å². The predicted molar refractivity (Wildman–Crippen MR) is 260 cm³/mol. The second-order valence-electron chi connectivity index (χ2n) is 18.6. The molecular formula is C50H53FN12O7S. The summed E-state index contributed by atoms with van der Waals surface area (Å²) in [4.78, 5) is 86.0. The van der Waals surface area contributed by atoms with E-state index in [1.54, 1.807) is 52.9 Å². The number of alkyl carbamates (subject to hydrolysis) is 2. The number of likely N-dealkylation sites (tertiary alicyclic amines) is 2. The largest absolute Gasteiger partial charge is 0.464 e. The molecule has 2 fully saturated rings. The molecule has 5 aromatic heterocycles. The van der Waals surface area contributed by atoms with E-state index in [1.165, 1.54) is 31.6 Å². The molecule has 10 rings (SSSR count). The molecule has 0 radical (unpaired) electrons. The highest BCUT2D eigenvalue weighted by molar-refractivity contribution is 7.15. The van der Waals surface area contributed by atoms with E-state index in [2.05, 4.69) is 35.6 Å². The number of aromatic nitrogens is 8. The van der Waals surface area contributed by atoms with Crippen LogP contribution < -0.4 is 15.4 Å². The van der Waals surface area contributed by atoms with Crippen molar-refractivity contribution in [1.29, 1.82) is 0 Å². The zero-order chi connectivity index (χ0) is 49.7. The summed E-state index contributed by atoms with van der Waals surface area (Å²) in [5.74, 6) is 0.658. The van der Waals surface area contributed by atoms with Crippen LogP contribution in [0.3, 0.4) is 0 Å². The van der Waals surface area contributed by atoms with Gasteiger partial charge in [0, 0.05) is 48.2 Å². The molecule has 0 bridgehead atoms. The number of carbonyl (C=O) groups excluding carboxylic acids is 4. The van der Waals surface area contributed by atoms with Gasteiger partial charge in [0.25, 0.3) is 0 Å². The number of amides is 4. The van der Waals surface area contributed by atoms with Gasteiger partial charge in [-0.3, -0.25) is 14.2 Å². The third-order valence-corrected chi connectivity index (χ3v) is 14.5. The monoisotopic (exact) mass is 984 g/mol. The second-order valence-corrected chi connectivity index (χ2v) is 19.6. The van der Waals surface area contributed by atoms with Crippen LogP contribution in [0, 0.1) is 17.7 Å². The van der Waals surface area contributed by atoms with Crippen molar-refractivity contribution in [1.82, 2.24) is 59.9 Å². The second kappa shape index (κ2) is 19.3. The molecule has 3 unspecified atom stereocenters. The van der Waals surface area contributed by atoms with Gasteiger partial charge in [0.1, 0.15) is 35.3 Å². The van der Waals surface area contributed by atoms with E-state index < -0.39 is 36.3 Å². The molecule has 7 aromatic rings. The Hall–Kier alpha value is -7.68. The minimum atomic E-state index is -0.790. The van der Waals surface area contributed by atoms with E-state index in [0.717, 1.165) is 39.9 Å². The summed E-state index contributed by atoms with van der Waals surface area (Å²) in [7, 11) is 2.53. The quantitative estimate of drug-likeness (QED) is 0.0909. The van der Waals surface area contributed by atoms with Gasteiger partial charge >= 0.3 is 12.2 Å². The zero-order valence-electron chi connectivity index (χ0n) is 39.9. The Kier molecular flexibility index (Phi) is 12.8. The van der Waals surface area contributed by atoms with Crippen molar-refractivity contribution in [3.8, 4) is 50.4 Å². The van der Waals surface area contributed by atoms with Gasteiger partial charge in [-0.05, 0) is 73.9 Å². The average molecular weight is 985 g/mol. The van der Waals surface area contributed by atoms with E-state index in [1.807, 2.05) is 56.5 Å². The number of methoxy groups -OCH3 is 2. The summed E-state index contributed by atoms with van der Waals surface area (Å²) in [5.41, 5.74) is 4.25. The Morgan fingerprint density at radius 1 is 0.761 bits per heavy atom. The van der Waals surface area contributed by atoms with Crippen molar-refractivity contribution in [3.63, 3.8) is 0 Å². The fourth-order valence-electron chi connectivity index (χ4n) is 9.89. The molecule has 368 valence electrons. The average Bonchev–Trinajstić information content (AvgIpc) is 4.24. The lowest BCUT2D eigenvalue weighted by molar-refractivity contribution is -0.136. The smallest absolute Gasteiger partial charge is 0.407 e. The van der Waals surface area contributed by atoms with Gasteiger partial charge in [-0.15, -0.1) is 11.3 Å². The third kappa shape index (κ3) is 8.82. The molecule has 0 spiro atoms. The van der Waals surface area contributed by atoms with Crippen LogP contribution in [-0.2, 0) is 19.1 Å². The molecule has 3 aliphatic heterocycles. The summed E-state index contributed by atoms with van der Waals surface area (Å²) < 4.78 is 35.4. The topological polar surface area (TPSA) is 227 Å². The molecule has 4 amide bonds. The highest BCUT2D eigenvalue weighted by atomic mass is 32.1. The minimum Gasteiger partial charge on any atom is -0.464 e. The van der Waals surface area contributed by atoms with Crippen LogP contribution in [0.2, 0.25) is 0 Å². The maximum Gasteiger partial charge on any atom is 0.407 e. The first-order valence-corrected chi connectivity index (χ1v) is 24.4. The number of halogens is 1. The van der Waals surface area contributed by atoms with Gasteiger partial charge in [-0.1, -0.05) is 33.8 Å². The fourth-order valence-corrected chi connectivity index (χ4v) is 10.8. The van der Waals surface area contributed by atoms with Crippen LogP contribution in [-0.4, -0.2) is 113 Å². The fraction of sp³-hybridized carbons (Fsp3) is 0.380. The van der Waals surface area contributed by atoms with Crippen LogP contribution >= 0.6 is 11.3 Å². The van der Waals surface area contributed by atoms with E-state index in [4.69, 9.17) is 24.2 Å². The maximum absolute atomic E-state index is 17.0. The minimum absolute atomic E-state index is 0.167. The Morgan fingerprint density at radius 2 is 1.35 bits per heavy atom. The zero-order valence-corrected chi connectivity index (χ0v) is 40.8. The third-order valence-electron chi connectivity index (χ3n) is 13.4. The number of fused-ring (bicyclic) bond motifs is 5. The van der Waals surface area contributed by atoms with Gasteiger partial charge in [-0.25, -0.2) is 38.9 Å². The number of aromatic amines is 2. The first kappa shape index (κ1) is 47.0. The summed E-state index contributed by atoms with van der Waals surface area (Å²) in [5, 5.41) is 6.79. The Labute approximate surface area is 411 Å². The van der Waals surface area contributed by atoms with Crippen LogP contribution in [0.4, 0.5) is 14.0 Å². The number of nitrogens with zero attached hydrogens (tertiary/aromatic N) is 8. The van der Waals surface area contributed by atoms with Crippen molar-refractivity contribution in [2.24, 2.45) is 11.8 Å². The molecule has 4 N–H and O–H groups in total. The molecule has 0 aliphatic carbocycles. The Balaban J connectivity index is 0.983. The summed E-state index contributed by atoms with van der Waals surface area (Å²) in [6.45, 7) is 8.49. The number of thiazole rings is 1. The molecule has 71 heavy (non-hydrogen) atoms. The number of nitrogens with one attached hydrogen (secondary N) is 4. The summed E-state index contributed by atoms with van der Waals surface area (Å²) in [6.07, 6.45) is 9.19. The van der Waals surface area contributed by atoms with E-state index in [9.17, 15) is 19.2 Å². The number of H-pyrrole nitrogens is 2. The Bertz CT molecular complexity index is 3150. The first-order chi connectivity index (χ1) is 34.3. The summed E-state index contributed by atoms with van der Waals surface area (Å²) >= 11 is 1.38. The standard InChI is InChI=1S/C50H53FN12O7S/c1-25(2)40(59-49(66)68-5)46(64)61-16-7-10-34(61)42-54-22-31(57-42)27-12-13-33-29(18-27)20-36-39-30(51)19-28(21-37(39)70-48(63(33)36)38-24-56-45(71-38)44-52-14-9-15-53-44)32-23-55-43(58-32)35-11-8-17-62(35)47(65)41(26(3)4)60-50(67)69-6/h9,12-15,18-26,34-35,40-41,48H,7-8,10-11,16-17H2,1-6H3,(H,54,57)(H,55,58)(H,59,66)(H,60,67)/t34-,35-,40?,41?,48?/m0/s1. The highest BCUT2D eigenvalue weighted by Gasteiger charge is 2.40.